The van der Waals surface area contributed by atoms with E-state index in [1.165, 1.54) is 6.07 Å². The second-order valence-electron chi connectivity index (χ2n) is 4.71. The maximum atomic E-state index is 11.8. The van der Waals surface area contributed by atoms with E-state index in [1.54, 1.807) is 23.0 Å². The lowest BCUT2D eigenvalue weighted by Gasteiger charge is -2.21. The molecule has 6 nitrogen and oxygen atoms in total. The summed E-state index contributed by atoms with van der Waals surface area (Å²) in [6.07, 6.45) is 4.32. The molecule has 6 heteroatoms. The summed E-state index contributed by atoms with van der Waals surface area (Å²) in [6, 6.07) is 2.65. The highest BCUT2D eigenvalue weighted by molar-refractivity contribution is 6.00. The van der Waals surface area contributed by atoms with Crippen LogP contribution in [0, 0.1) is 0 Å². The fourth-order valence-corrected chi connectivity index (χ4v) is 2.43. The first-order chi connectivity index (χ1) is 9.04. The molecule has 98 valence electrons. The number of aromatic nitrogens is 1. The van der Waals surface area contributed by atoms with Crippen molar-refractivity contribution < 1.29 is 14.7 Å². The molecule has 1 saturated heterocycles. The molecule has 1 fully saturated rings. The van der Waals surface area contributed by atoms with Gasteiger partial charge in [-0.3, -0.25) is 14.9 Å². The summed E-state index contributed by atoms with van der Waals surface area (Å²) < 4.78 is 1.74. The van der Waals surface area contributed by atoms with Crippen LogP contribution in [0.25, 0.3) is 10.8 Å². The van der Waals surface area contributed by atoms with E-state index in [9.17, 15) is 14.7 Å². The number of carbonyl (C=O) groups excluding carboxylic acids is 2. The molecule has 1 unspecified atom stereocenters. The monoisotopic (exact) mass is 259 g/mol. The summed E-state index contributed by atoms with van der Waals surface area (Å²) in [7, 11) is 0. The van der Waals surface area contributed by atoms with Crippen LogP contribution in [0.2, 0.25) is 0 Å². The largest absolute Gasteiger partial charge is 0.508 e. The van der Waals surface area contributed by atoms with E-state index in [0.29, 0.717) is 18.5 Å². The number of nitrogens with zero attached hydrogens (tertiary/aromatic N) is 1. The third-order valence-electron chi connectivity index (χ3n) is 3.37. The molecule has 0 radical (unpaired) electrons. The van der Waals surface area contributed by atoms with Crippen molar-refractivity contribution in [2.24, 2.45) is 0 Å². The van der Waals surface area contributed by atoms with Gasteiger partial charge in [-0.1, -0.05) is 0 Å². The van der Waals surface area contributed by atoms with Crippen LogP contribution in [0.3, 0.4) is 0 Å². The number of piperidine rings is 1. The number of rotatable bonds is 1. The molecule has 0 aliphatic carbocycles. The van der Waals surface area contributed by atoms with Gasteiger partial charge in [0.15, 0.2) is 0 Å². The van der Waals surface area contributed by atoms with Crippen LogP contribution >= 0.6 is 0 Å². The first-order valence-corrected chi connectivity index (χ1v) is 5.98. The highest BCUT2D eigenvalue weighted by atomic mass is 16.3. The Morgan fingerprint density at radius 3 is 2.84 bits per heavy atom. The normalized spacial score (nSPS) is 19.7. The van der Waals surface area contributed by atoms with Gasteiger partial charge in [0.2, 0.25) is 11.8 Å². The number of amides is 2. The van der Waals surface area contributed by atoms with Crippen molar-refractivity contribution in [3.05, 3.63) is 24.5 Å². The lowest BCUT2D eigenvalue weighted by molar-refractivity contribution is -0.135. The van der Waals surface area contributed by atoms with Gasteiger partial charge >= 0.3 is 0 Å². The fourth-order valence-electron chi connectivity index (χ4n) is 2.43. The smallest absolute Gasteiger partial charge is 0.249 e. The Morgan fingerprint density at radius 2 is 2.11 bits per heavy atom. The molecule has 0 bridgehead atoms. The summed E-state index contributed by atoms with van der Waals surface area (Å²) in [5.41, 5.74) is 6.29. The van der Waals surface area contributed by atoms with Crippen molar-refractivity contribution in [2.45, 2.75) is 18.9 Å². The fraction of sp³-hybridized carbons (Fsp3) is 0.231. The summed E-state index contributed by atoms with van der Waals surface area (Å²) in [5, 5.41) is 13.4. The number of imide groups is 1. The van der Waals surface area contributed by atoms with Gasteiger partial charge in [0.25, 0.3) is 0 Å². The van der Waals surface area contributed by atoms with Crippen LogP contribution in [0.4, 0.5) is 5.69 Å². The number of carbonyl (C=O) groups is 2. The zero-order valence-electron chi connectivity index (χ0n) is 10.1. The highest BCUT2D eigenvalue weighted by Crippen LogP contribution is 2.30. The molecule has 2 aromatic rings. The van der Waals surface area contributed by atoms with E-state index in [0.717, 1.165) is 10.8 Å². The first kappa shape index (κ1) is 11.6. The molecule has 2 heterocycles. The predicted octanol–water partition coefficient (Wildman–Crippen LogP) is 0.907. The summed E-state index contributed by atoms with van der Waals surface area (Å²) >= 11 is 0. The van der Waals surface area contributed by atoms with Crippen LogP contribution in [-0.2, 0) is 9.59 Å². The van der Waals surface area contributed by atoms with Gasteiger partial charge in [-0.2, -0.15) is 0 Å². The number of benzene rings is 1. The van der Waals surface area contributed by atoms with Crippen LogP contribution in [0.1, 0.15) is 18.9 Å². The summed E-state index contributed by atoms with van der Waals surface area (Å²) in [5.74, 6) is -0.458. The molecule has 0 saturated carbocycles. The van der Waals surface area contributed by atoms with E-state index < -0.39 is 6.04 Å². The zero-order valence-corrected chi connectivity index (χ0v) is 10.1. The predicted molar refractivity (Wildman–Crippen MR) is 69.4 cm³/mol. The van der Waals surface area contributed by atoms with E-state index in [4.69, 9.17) is 5.73 Å². The molecule has 0 spiro atoms. The lowest BCUT2D eigenvalue weighted by Crippen LogP contribution is -2.41. The number of anilines is 1. The average Bonchev–Trinajstić information content (AvgIpc) is 2.72. The number of nitrogens with one attached hydrogen (secondary N) is 1. The van der Waals surface area contributed by atoms with Gasteiger partial charge in [-0.15, -0.1) is 0 Å². The van der Waals surface area contributed by atoms with E-state index >= 15 is 0 Å². The molecular weight excluding hydrogens is 246 g/mol. The Bertz CT molecular complexity index is 690. The summed E-state index contributed by atoms with van der Waals surface area (Å²) in [4.78, 5) is 22.9. The van der Waals surface area contributed by atoms with Crippen molar-refractivity contribution in [3.63, 3.8) is 0 Å². The molecule has 4 N–H and O–H groups in total. The molecule has 1 atom stereocenters. The van der Waals surface area contributed by atoms with Crippen LogP contribution in [0.5, 0.6) is 5.75 Å². The Kier molecular flexibility index (Phi) is 2.45. The summed E-state index contributed by atoms with van der Waals surface area (Å²) in [6.45, 7) is 0. The second-order valence-corrected chi connectivity index (χ2v) is 4.71. The third kappa shape index (κ3) is 1.91. The Hall–Kier alpha value is -2.50. The van der Waals surface area contributed by atoms with Gasteiger partial charge in [0, 0.05) is 41.3 Å². The standard InChI is InChI=1S/C13H13N3O3/c14-10-4-8(17)3-7-5-16(6-9(7)10)11-1-2-12(18)15-13(11)19/h3-6,11,17H,1-2,14H2,(H,15,18,19). The van der Waals surface area contributed by atoms with Gasteiger partial charge in [-0.25, -0.2) is 0 Å². The Balaban J connectivity index is 2.04. The number of fused-ring (bicyclic) bond motifs is 1. The topological polar surface area (TPSA) is 97.3 Å². The maximum Gasteiger partial charge on any atom is 0.249 e. The lowest BCUT2D eigenvalue weighted by atomic mass is 10.1. The molecule has 1 aliphatic rings. The quantitative estimate of drug-likeness (QED) is 0.523. The molecule has 1 aromatic heterocycles. The molecule has 1 aliphatic heterocycles. The van der Waals surface area contributed by atoms with Gasteiger partial charge in [0.05, 0.1) is 0 Å². The highest BCUT2D eigenvalue weighted by Gasteiger charge is 2.27. The third-order valence-corrected chi connectivity index (χ3v) is 3.37. The van der Waals surface area contributed by atoms with Crippen LogP contribution < -0.4 is 11.1 Å². The van der Waals surface area contributed by atoms with E-state index in [-0.39, 0.29) is 17.6 Å². The minimum Gasteiger partial charge on any atom is -0.508 e. The van der Waals surface area contributed by atoms with Crippen molar-refractivity contribution in [1.29, 1.82) is 0 Å². The van der Waals surface area contributed by atoms with Gasteiger partial charge < -0.3 is 15.4 Å². The molecule has 19 heavy (non-hydrogen) atoms. The average molecular weight is 259 g/mol. The minimum absolute atomic E-state index is 0.0889. The van der Waals surface area contributed by atoms with Gasteiger partial charge in [-0.05, 0) is 12.5 Å². The number of hydrogen-bond acceptors (Lipinski definition) is 4. The SMILES string of the molecule is Nc1cc(O)cc2cn(C3CCC(=O)NC3=O)cc12. The van der Waals surface area contributed by atoms with Crippen molar-refractivity contribution in [1.82, 2.24) is 9.88 Å². The first-order valence-electron chi connectivity index (χ1n) is 5.98. The van der Waals surface area contributed by atoms with Crippen molar-refractivity contribution in [2.75, 3.05) is 5.73 Å². The minimum atomic E-state index is -0.411. The maximum absolute atomic E-state index is 11.8. The number of aromatic hydroxyl groups is 1. The Morgan fingerprint density at radius 1 is 1.32 bits per heavy atom. The number of nitrogen functional groups attached to an aromatic ring is 1. The van der Waals surface area contributed by atoms with Gasteiger partial charge in [0.1, 0.15) is 11.8 Å². The van der Waals surface area contributed by atoms with Crippen molar-refractivity contribution >= 4 is 28.3 Å². The molecule has 3 rings (SSSR count). The molecular formula is C13H13N3O3. The number of hydrogen-bond donors (Lipinski definition) is 3. The van der Waals surface area contributed by atoms with Crippen LogP contribution in [0.15, 0.2) is 24.5 Å². The molecule has 1 aromatic carbocycles. The number of phenolic OH excluding ortho intramolecular Hbond substituents is 1. The number of phenols is 1. The van der Waals surface area contributed by atoms with E-state index in [1.807, 2.05) is 0 Å². The number of nitrogens with two attached hydrogens (primary N) is 1. The van der Waals surface area contributed by atoms with Crippen LogP contribution in [-0.4, -0.2) is 21.5 Å². The van der Waals surface area contributed by atoms with E-state index in [2.05, 4.69) is 5.32 Å². The zero-order chi connectivity index (χ0) is 13.6. The molecule has 2 amide bonds. The second kappa shape index (κ2) is 4.01. The van der Waals surface area contributed by atoms with Crippen molar-refractivity contribution in [3.8, 4) is 5.75 Å². The Labute approximate surface area is 108 Å².